The van der Waals surface area contributed by atoms with E-state index in [0.717, 1.165) is 0 Å². The molecule has 1 saturated carbocycles. The number of aryl methyl sites for hydroxylation is 1. The summed E-state index contributed by atoms with van der Waals surface area (Å²) < 4.78 is 2.46. The van der Waals surface area contributed by atoms with E-state index in [-0.39, 0.29) is 0 Å². The van der Waals surface area contributed by atoms with Crippen LogP contribution in [-0.4, -0.2) is 9.55 Å². The largest absolute Gasteiger partial charge is 0.329 e. The average Bonchev–Trinajstić information content (AvgIpc) is 2.73. The fraction of sp³-hybridized carbons (Fsp3) is 0.727. The van der Waals surface area contributed by atoms with Crippen LogP contribution in [0.4, 0.5) is 0 Å². The summed E-state index contributed by atoms with van der Waals surface area (Å²) in [6.07, 6.45) is 13.7. The predicted molar refractivity (Wildman–Crippen MR) is 51.6 cm³/mol. The first-order valence-corrected chi connectivity index (χ1v) is 5.43. The fourth-order valence-electron chi connectivity index (χ4n) is 3.12. The summed E-state index contributed by atoms with van der Waals surface area (Å²) in [6.45, 7) is 0. The zero-order chi connectivity index (χ0) is 8.73. The number of rotatable bonds is 0. The van der Waals surface area contributed by atoms with Crippen LogP contribution in [0.25, 0.3) is 0 Å². The van der Waals surface area contributed by atoms with Gasteiger partial charge in [-0.3, -0.25) is 0 Å². The molecule has 0 N–H and O–H groups in total. The Morgan fingerprint density at radius 2 is 2.00 bits per heavy atom. The first kappa shape index (κ1) is 7.60. The van der Waals surface area contributed by atoms with Gasteiger partial charge < -0.3 is 4.57 Å². The molecule has 2 heteroatoms. The van der Waals surface area contributed by atoms with Gasteiger partial charge in [-0.15, -0.1) is 0 Å². The van der Waals surface area contributed by atoms with E-state index in [0.29, 0.717) is 5.54 Å². The smallest absolute Gasteiger partial charge is 0.109 e. The molecule has 70 valence electrons. The Labute approximate surface area is 79.0 Å². The first-order chi connectivity index (χ1) is 6.41. The summed E-state index contributed by atoms with van der Waals surface area (Å²) >= 11 is 0. The van der Waals surface area contributed by atoms with Crippen molar-refractivity contribution in [1.82, 2.24) is 9.55 Å². The minimum Gasteiger partial charge on any atom is -0.329 e. The van der Waals surface area contributed by atoms with Crippen molar-refractivity contribution in [2.45, 2.75) is 50.5 Å². The molecule has 2 nitrogen and oxygen atoms in total. The Morgan fingerprint density at radius 3 is 2.85 bits per heavy atom. The van der Waals surface area contributed by atoms with Crippen LogP contribution in [-0.2, 0) is 12.0 Å². The highest BCUT2D eigenvalue weighted by Crippen LogP contribution is 2.42. The summed E-state index contributed by atoms with van der Waals surface area (Å²) in [5.74, 6) is 1.32. The van der Waals surface area contributed by atoms with Crippen molar-refractivity contribution in [3.05, 3.63) is 18.2 Å². The third kappa shape index (κ3) is 0.976. The van der Waals surface area contributed by atoms with Gasteiger partial charge in [0.2, 0.25) is 0 Å². The van der Waals surface area contributed by atoms with Crippen molar-refractivity contribution in [2.75, 3.05) is 0 Å². The van der Waals surface area contributed by atoms with Gasteiger partial charge in [-0.05, 0) is 19.3 Å². The minimum atomic E-state index is 0.490. The lowest BCUT2D eigenvalue weighted by Crippen LogP contribution is -2.31. The lowest BCUT2D eigenvalue weighted by Gasteiger charge is -2.35. The van der Waals surface area contributed by atoms with Crippen molar-refractivity contribution < 1.29 is 0 Å². The number of imidazole rings is 1. The van der Waals surface area contributed by atoms with Crippen LogP contribution in [0.3, 0.4) is 0 Å². The van der Waals surface area contributed by atoms with Crippen LogP contribution in [0.1, 0.15) is 44.3 Å². The molecule has 13 heavy (non-hydrogen) atoms. The summed E-state index contributed by atoms with van der Waals surface area (Å²) in [7, 11) is 0. The maximum atomic E-state index is 4.41. The van der Waals surface area contributed by atoms with Crippen molar-refractivity contribution in [2.24, 2.45) is 0 Å². The summed E-state index contributed by atoms with van der Waals surface area (Å²) in [5, 5.41) is 0. The predicted octanol–water partition coefficient (Wildman–Crippen LogP) is 2.49. The van der Waals surface area contributed by atoms with Gasteiger partial charge in [0.15, 0.2) is 0 Å². The number of hydrogen-bond acceptors (Lipinski definition) is 1. The number of hydrogen-bond donors (Lipinski definition) is 0. The Balaban J connectivity index is 2.00. The fourth-order valence-corrected chi connectivity index (χ4v) is 3.12. The summed E-state index contributed by atoms with van der Waals surface area (Å²) in [5.41, 5.74) is 0.490. The third-order valence-corrected chi connectivity index (χ3v) is 3.83. The molecule has 0 atom stereocenters. The highest BCUT2D eigenvalue weighted by molar-refractivity contribution is 5.09. The second-order valence-corrected chi connectivity index (χ2v) is 4.50. The van der Waals surface area contributed by atoms with Crippen molar-refractivity contribution in [3.63, 3.8) is 0 Å². The summed E-state index contributed by atoms with van der Waals surface area (Å²) in [6, 6.07) is 0. The standard InChI is InChI=1S/C11H16N2/c1-2-5-11(6-3-1)7-4-10-12-8-9-13(10)11/h8-9H,1-7H2. The normalized spacial score (nSPS) is 24.9. The maximum absolute atomic E-state index is 4.41. The zero-order valence-electron chi connectivity index (χ0n) is 8.00. The van der Waals surface area contributed by atoms with E-state index >= 15 is 0 Å². The number of fused-ring (bicyclic) bond motifs is 2. The van der Waals surface area contributed by atoms with E-state index in [4.69, 9.17) is 0 Å². The van der Waals surface area contributed by atoms with Crippen molar-refractivity contribution in [1.29, 1.82) is 0 Å². The van der Waals surface area contributed by atoms with Crippen LogP contribution in [0, 0.1) is 0 Å². The van der Waals surface area contributed by atoms with Crippen LogP contribution in [0.5, 0.6) is 0 Å². The van der Waals surface area contributed by atoms with Crippen LogP contribution >= 0.6 is 0 Å². The number of aromatic nitrogens is 2. The van der Waals surface area contributed by atoms with Gasteiger partial charge >= 0.3 is 0 Å². The van der Waals surface area contributed by atoms with Crippen molar-refractivity contribution in [3.8, 4) is 0 Å². The topological polar surface area (TPSA) is 17.8 Å². The second kappa shape index (κ2) is 2.60. The molecule has 2 aliphatic rings. The van der Waals surface area contributed by atoms with Gasteiger partial charge in [0.05, 0.1) is 0 Å². The van der Waals surface area contributed by atoms with E-state index in [9.17, 15) is 0 Å². The zero-order valence-corrected chi connectivity index (χ0v) is 8.00. The minimum absolute atomic E-state index is 0.490. The Kier molecular flexibility index (Phi) is 1.52. The molecule has 0 saturated heterocycles. The van der Waals surface area contributed by atoms with Gasteiger partial charge in [0.25, 0.3) is 0 Å². The van der Waals surface area contributed by atoms with Crippen LogP contribution < -0.4 is 0 Å². The monoisotopic (exact) mass is 176 g/mol. The molecule has 1 fully saturated rings. The molecule has 1 aromatic rings. The molecule has 0 unspecified atom stereocenters. The van der Waals surface area contributed by atoms with E-state index in [1.165, 1.54) is 50.8 Å². The van der Waals surface area contributed by atoms with Gasteiger partial charge in [-0.2, -0.15) is 0 Å². The van der Waals surface area contributed by atoms with Gasteiger partial charge in [0.1, 0.15) is 5.82 Å². The molecule has 0 aromatic carbocycles. The maximum Gasteiger partial charge on any atom is 0.109 e. The molecule has 1 spiro atoms. The Bertz CT molecular complexity index is 308. The number of nitrogens with zero attached hydrogens (tertiary/aromatic N) is 2. The van der Waals surface area contributed by atoms with Gasteiger partial charge in [-0.25, -0.2) is 4.98 Å². The third-order valence-electron chi connectivity index (χ3n) is 3.83. The van der Waals surface area contributed by atoms with E-state index in [1.54, 1.807) is 0 Å². The molecular weight excluding hydrogens is 160 g/mol. The van der Waals surface area contributed by atoms with E-state index in [1.807, 2.05) is 6.20 Å². The lowest BCUT2D eigenvalue weighted by molar-refractivity contribution is 0.204. The molecule has 0 radical (unpaired) electrons. The molecule has 0 amide bonds. The molecule has 3 rings (SSSR count). The second-order valence-electron chi connectivity index (χ2n) is 4.50. The molecule has 1 aliphatic carbocycles. The van der Waals surface area contributed by atoms with Gasteiger partial charge in [-0.1, -0.05) is 19.3 Å². The molecular formula is C11H16N2. The lowest BCUT2D eigenvalue weighted by atomic mass is 9.80. The van der Waals surface area contributed by atoms with E-state index in [2.05, 4.69) is 15.7 Å². The van der Waals surface area contributed by atoms with Gasteiger partial charge in [0, 0.05) is 24.4 Å². The molecule has 0 bridgehead atoms. The molecule has 1 aliphatic heterocycles. The highest BCUT2D eigenvalue weighted by atomic mass is 15.2. The highest BCUT2D eigenvalue weighted by Gasteiger charge is 2.38. The SMILES string of the molecule is c1cn2c(n1)CCC21CCCCC1. The van der Waals surface area contributed by atoms with Crippen molar-refractivity contribution >= 4 is 0 Å². The molecule has 1 aromatic heterocycles. The average molecular weight is 176 g/mol. The Hall–Kier alpha value is -0.790. The molecule has 2 heterocycles. The van der Waals surface area contributed by atoms with E-state index < -0.39 is 0 Å². The van der Waals surface area contributed by atoms with Crippen LogP contribution in [0.15, 0.2) is 12.4 Å². The Morgan fingerprint density at radius 1 is 1.15 bits per heavy atom. The summed E-state index contributed by atoms with van der Waals surface area (Å²) in [4.78, 5) is 4.41. The first-order valence-electron chi connectivity index (χ1n) is 5.43. The van der Waals surface area contributed by atoms with Crippen LogP contribution in [0.2, 0.25) is 0 Å². The quantitative estimate of drug-likeness (QED) is 0.594.